The Morgan fingerprint density at radius 3 is 2.68 bits per heavy atom. The highest BCUT2D eigenvalue weighted by molar-refractivity contribution is 7.88. The number of nitrogens with zero attached hydrogens (tertiary/aromatic N) is 5. The molecule has 2 aliphatic heterocycles. The molecule has 14 heteroatoms. The molecule has 5 rings (SSSR count). The van der Waals surface area contributed by atoms with E-state index in [0.717, 1.165) is 12.1 Å². The normalized spacial score (nSPS) is 21.2. The second-order valence-corrected chi connectivity index (χ2v) is 12.4. The molecule has 0 bridgehead atoms. The standard InChI is InChI=1S/C24H31ClFN7O4S/c1-13(2)33-19-7-14(6-17(26)23(19)30-21(33)9-27-15-11-37-12-15)22-16(25)8-28-24(31-22)29-18-4-5-32(10-20(18)34)38(3,35)36/h6-8,13,15,18,20,27,34H,4-5,9-12H2,1-3H3,(H,28,29,31)/t18-,20-/m1/s1. The third-order valence-corrected chi connectivity index (χ3v) is 8.42. The van der Waals surface area contributed by atoms with Crippen LogP contribution in [0.5, 0.6) is 0 Å². The van der Waals surface area contributed by atoms with Gasteiger partial charge in [-0.05, 0) is 32.4 Å². The Bertz CT molecular complexity index is 1450. The van der Waals surface area contributed by atoms with E-state index in [2.05, 4.69) is 25.6 Å². The SMILES string of the molecule is CC(C)n1c(CNC2COC2)nc2c(F)cc(-c3nc(N[C@@H]4CCN(S(C)(=O)=O)C[C@H]4O)ncc3Cl)cc21. The fourth-order valence-electron chi connectivity index (χ4n) is 4.80. The molecule has 0 amide bonds. The lowest BCUT2D eigenvalue weighted by atomic mass is 10.0. The molecule has 0 saturated carbocycles. The van der Waals surface area contributed by atoms with Gasteiger partial charge in [0.05, 0.1) is 66.6 Å². The van der Waals surface area contributed by atoms with Crippen molar-refractivity contribution in [3.8, 4) is 11.3 Å². The lowest BCUT2D eigenvalue weighted by Crippen LogP contribution is -2.51. The molecule has 3 aromatic rings. The van der Waals surface area contributed by atoms with E-state index >= 15 is 4.39 Å². The molecule has 2 aromatic heterocycles. The Labute approximate surface area is 225 Å². The van der Waals surface area contributed by atoms with Crippen molar-refractivity contribution in [3.63, 3.8) is 0 Å². The van der Waals surface area contributed by atoms with Crippen LogP contribution in [0.4, 0.5) is 10.3 Å². The number of hydrogen-bond acceptors (Lipinski definition) is 9. The van der Waals surface area contributed by atoms with Crippen molar-refractivity contribution in [2.75, 3.05) is 37.9 Å². The zero-order chi connectivity index (χ0) is 27.2. The van der Waals surface area contributed by atoms with Crippen LogP contribution >= 0.6 is 11.6 Å². The molecule has 2 atom stereocenters. The molecular weight excluding hydrogens is 537 g/mol. The van der Waals surface area contributed by atoms with E-state index in [-0.39, 0.29) is 41.7 Å². The van der Waals surface area contributed by atoms with E-state index in [4.69, 9.17) is 16.3 Å². The van der Waals surface area contributed by atoms with Gasteiger partial charge in [0.25, 0.3) is 0 Å². The van der Waals surface area contributed by atoms with Gasteiger partial charge in [0.2, 0.25) is 16.0 Å². The molecule has 0 radical (unpaired) electrons. The first-order valence-electron chi connectivity index (χ1n) is 12.5. The van der Waals surface area contributed by atoms with Gasteiger partial charge in [0.15, 0.2) is 5.82 Å². The van der Waals surface area contributed by atoms with Crippen molar-refractivity contribution < 1.29 is 22.7 Å². The molecule has 11 nitrogen and oxygen atoms in total. The minimum Gasteiger partial charge on any atom is -0.390 e. The number of ether oxygens (including phenoxy) is 1. The summed E-state index contributed by atoms with van der Waals surface area (Å²) < 4.78 is 47.4. The molecule has 0 spiro atoms. The smallest absolute Gasteiger partial charge is 0.223 e. The predicted molar refractivity (Wildman–Crippen MR) is 142 cm³/mol. The van der Waals surface area contributed by atoms with E-state index in [9.17, 15) is 13.5 Å². The van der Waals surface area contributed by atoms with Crippen LogP contribution in [0.3, 0.4) is 0 Å². The Kier molecular flexibility index (Phi) is 7.59. The molecule has 2 saturated heterocycles. The van der Waals surface area contributed by atoms with Crippen LogP contribution in [0.15, 0.2) is 18.3 Å². The summed E-state index contributed by atoms with van der Waals surface area (Å²) >= 11 is 6.45. The summed E-state index contributed by atoms with van der Waals surface area (Å²) in [7, 11) is -3.40. The Morgan fingerprint density at radius 2 is 2.05 bits per heavy atom. The summed E-state index contributed by atoms with van der Waals surface area (Å²) in [6, 6.07) is 3.01. The van der Waals surface area contributed by atoms with E-state index < -0.39 is 28.0 Å². The second kappa shape index (κ2) is 10.6. The minimum absolute atomic E-state index is 0.0248. The number of aromatic nitrogens is 4. The van der Waals surface area contributed by atoms with E-state index in [1.54, 1.807) is 0 Å². The van der Waals surface area contributed by atoms with Gasteiger partial charge in [-0.3, -0.25) is 0 Å². The number of aliphatic hydroxyl groups is 1. The number of rotatable bonds is 8. The van der Waals surface area contributed by atoms with Crippen LogP contribution in [0.2, 0.25) is 5.02 Å². The molecule has 4 heterocycles. The van der Waals surface area contributed by atoms with Crippen LogP contribution in [0, 0.1) is 5.82 Å². The number of imidazole rings is 1. The van der Waals surface area contributed by atoms with Gasteiger partial charge in [0.1, 0.15) is 11.3 Å². The number of β-amino-alcohol motifs (C(OH)–C–C–N with tert-alkyl or cyclic N) is 1. The van der Waals surface area contributed by atoms with Gasteiger partial charge in [-0.1, -0.05) is 11.6 Å². The summed E-state index contributed by atoms with van der Waals surface area (Å²) in [5.74, 6) is 0.438. The molecule has 1 aromatic carbocycles. The molecule has 0 aliphatic carbocycles. The number of aliphatic hydroxyl groups excluding tert-OH is 1. The van der Waals surface area contributed by atoms with Gasteiger partial charge in [0, 0.05) is 24.7 Å². The van der Waals surface area contributed by atoms with Crippen molar-refractivity contribution >= 4 is 38.6 Å². The highest BCUT2D eigenvalue weighted by Gasteiger charge is 2.32. The quantitative estimate of drug-likeness (QED) is 0.374. The summed E-state index contributed by atoms with van der Waals surface area (Å²) in [4.78, 5) is 13.3. The number of anilines is 1. The second-order valence-electron chi connectivity index (χ2n) is 10.1. The van der Waals surface area contributed by atoms with Crippen molar-refractivity contribution in [3.05, 3.63) is 35.0 Å². The van der Waals surface area contributed by atoms with Crippen LogP contribution in [-0.2, 0) is 21.3 Å². The van der Waals surface area contributed by atoms with Gasteiger partial charge < -0.3 is 25.0 Å². The fraction of sp³-hybridized carbons (Fsp3) is 0.542. The molecule has 2 fully saturated rings. The number of halogens is 2. The first-order chi connectivity index (χ1) is 18.0. The van der Waals surface area contributed by atoms with Crippen LogP contribution < -0.4 is 10.6 Å². The monoisotopic (exact) mass is 567 g/mol. The molecule has 0 unspecified atom stereocenters. The predicted octanol–water partition coefficient (Wildman–Crippen LogP) is 2.16. The summed E-state index contributed by atoms with van der Waals surface area (Å²) in [6.45, 7) is 6.05. The maximum absolute atomic E-state index is 15.3. The zero-order valence-corrected chi connectivity index (χ0v) is 22.9. The van der Waals surface area contributed by atoms with Crippen LogP contribution in [-0.4, -0.2) is 88.1 Å². The molecular formula is C24H31ClFN7O4S. The number of sulfonamides is 1. The highest BCUT2D eigenvalue weighted by atomic mass is 35.5. The summed E-state index contributed by atoms with van der Waals surface area (Å²) in [6.07, 6.45) is 1.95. The number of piperidine rings is 1. The van der Waals surface area contributed by atoms with Crippen molar-refractivity contribution in [1.29, 1.82) is 0 Å². The highest BCUT2D eigenvalue weighted by Crippen LogP contribution is 2.33. The summed E-state index contributed by atoms with van der Waals surface area (Å²) in [5, 5.41) is 17.2. The fourth-order valence-corrected chi connectivity index (χ4v) is 5.87. The van der Waals surface area contributed by atoms with Gasteiger partial charge in [-0.2, -0.15) is 4.31 Å². The Morgan fingerprint density at radius 1 is 1.29 bits per heavy atom. The number of fused-ring (bicyclic) bond motifs is 1. The zero-order valence-electron chi connectivity index (χ0n) is 21.4. The van der Waals surface area contributed by atoms with Crippen molar-refractivity contribution in [2.45, 2.75) is 51.0 Å². The van der Waals surface area contributed by atoms with Crippen molar-refractivity contribution in [2.24, 2.45) is 0 Å². The summed E-state index contributed by atoms with van der Waals surface area (Å²) in [5.41, 5.74) is 1.69. The first kappa shape index (κ1) is 27.2. The van der Waals surface area contributed by atoms with E-state index in [1.807, 2.05) is 24.5 Å². The average molecular weight is 568 g/mol. The van der Waals surface area contributed by atoms with Gasteiger partial charge in [-0.25, -0.2) is 27.8 Å². The Balaban J connectivity index is 1.43. The maximum Gasteiger partial charge on any atom is 0.223 e. The molecule has 3 N–H and O–H groups in total. The van der Waals surface area contributed by atoms with E-state index in [0.29, 0.717) is 43.0 Å². The number of benzene rings is 1. The van der Waals surface area contributed by atoms with Crippen molar-refractivity contribution in [1.82, 2.24) is 29.1 Å². The lowest BCUT2D eigenvalue weighted by molar-refractivity contribution is -0.00615. The van der Waals surface area contributed by atoms with Crippen LogP contribution in [0.25, 0.3) is 22.3 Å². The van der Waals surface area contributed by atoms with Gasteiger partial charge >= 0.3 is 0 Å². The average Bonchev–Trinajstić information content (AvgIpc) is 3.19. The molecule has 2 aliphatic rings. The molecule has 206 valence electrons. The van der Waals surface area contributed by atoms with Gasteiger partial charge in [-0.15, -0.1) is 0 Å². The minimum atomic E-state index is -3.40. The van der Waals surface area contributed by atoms with E-state index in [1.165, 1.54) is 16.6 Å². The molecule has 38 heavy (non-hydrogen) atoms. The number of hydrogen-bond donors (Lipinski definition) is 3. The third-order valence-electron chi connectivity index (χ3n) is 6.87. The Hall–Kier alpha value is -2.42. The van der Waals surface area contributed by atoms with Crippen LogP contribution in [0.1, 0.15) is 32.1 Å². The number of nitrogens with one attached hydrogen (secondary N) is 2. The third kappa shape index (κ3) is 5.49. The lowest BCUT2D eigenvalue weighted by Gasteiger charge is -2.34. The first-order valence-corrected chi connectivity index (χ1v) is 14.7. The maximum atomic E-state index is 15.3. The largest absolute Gasteiger partial charge is 0.390 e. The topological polar surface area (TPSA) is 134 Å².